The molecule has 3 heterocycles. The molecular weight excluding hydrogens is 546 g/mol. The monoisotopic (exact) mass is 581 g/mol. The summed E-state index contributed by atoms with van der Waals surface area (Å²) in [5, 5.41) is 6.54. The molecule has 42 heavy (non-hydrogen) atoms. The third-order valence-electron chi connectivity index (χ3n) is 7.53. The highest BCUT2D eigenvalue weighted by Gasteiger charge is 2.29. The number of anilines is 2. The lowest BCUT2D eigenvalue weighted by Crippen LogP contribution is -2.49. The third-order valence-corrected chi connectivity index (χ3v) is 9.44. The van der Waals surface area contributed by atoms with Gasteiger partial charge in [-0.1, -0.05) is 60.7 Å². The topological polar surface area (TPSA) is 103 Å². The third kappa shape index (κ3) is 6.61. The standard InChI is InChI=1S/C32H35N7O2S/c40-42(41,29-12-5-2-6-13-29)39-22-20-38(21-23-39)32-36-28(11-7-10-25-8-3-1-4-9-25)24-30(37-32)26-14-16-27(17-15-26)35-31-33-18-19-34-31/h1-6,8-9,12-17,24H,7,10-11,18-23H2,(H2,33,34,35). The second kappa shape index (κ2) is 12.7. The number of aryl methyl sites for hydroxylation is 2. The summed E-state index contributed by atoms with van der Waals surface area (Å²) in [5.41, 5.74) is 5.11. The largest absolute Gasteiger partial charge is 0.354 e. The highest BCUT2D eigenvalue weighted by Crippen LogP contribution is 2.25. The Morgan fingerprint density at radius 2 is 1.52 bits per heavy atom. The van der Waals surface area contributed by atoms with E-state index in [1.54, 1.807) is 28.6 Å². The minimum atomic E-state index is -3.53. The minimum absolute atomic E-state index is 0.325. The summed E-state index contributed by atoms with van der Waals surface area (Å²) < 4.78 is 27.9. The molecule has 0 atom stereocenters. The average molecular weight is 582 g/mol. The van der Waals surface area contributed by atoms with Gasteiger partial charge in [0.1, 0.15) is 0 Å². The molecule has 0 amide bonds. The first-order valence-corrected chi connectivity index (χ1v) is 15.9. The molecule has 9 nitrogen and oxygen atoms in total. The van der Waals surface area contributed by atoms with Crippen LogP contribution in [-0.4, -0.2) is 67.9 Å². The molecule has 2 aliphatic rings. The van der Waals surface area contributed by atoms with Crippen LogP contribution in [0.1, 0.15) is 17.7 Å². The number of hydrogen-bond donors (Lipinski definition) is 2. The van der Waals surface area contributed by atoms with E-state index in [4.69, 9.17) is 9.97 Å². The summed E-state index contributed by atoms with van der Waals surface area (Å²) in [6, 6.07) is 29.4. The van der Waals surface area contributed by atoms with Crippen LogP contribution in [0.25, 0.3) is 11.3 Å². The molecule has 0 bridgehead atoms. The van der Waals surface area contributed by atoms with Crippen LogP contribution in [0.15, 0.2) is 101 Å². The van der Waals surface area contributed by atoms with Gasteiger partial charge in [-0.3, -0.25) is 4.99 Å². The SMILES string of the molecule is O=S(=O)(c1ccccc1)N1CCN(c2nc(CCCc3ccccc3)cc(-c3ccc(NC4=NCCN4)cc3)n2)CC1. The van der Waals surface area contributed by atoms with E-state index in [0.29, 0.717) is 37.0 Å². The van der Waals surface area contributed by atoms with Gasteiger partial charge in [0.25, 0.3) is 0 Å². The van der Waals surface area contributed by atoms with Crippen molar-refractivity contribution in [2.45, 2.75) is 24.2 Å². The predicted molar refractivity (Wildman–Crippen MR) is 167 cm³/mol. The van der Waals surface area contributed by atoms with Crippen molar-refractivity contribution < 1.29 is 8.42 Å². The van der Waals surface area contributed by atoms with E-state index in [1.807, 2.05) is 24.3 Å². The number of benzene rings is 3. The Labute approximate surface area is 247 Å². The lowest BCUT2D eigenvalue weighted by Gasteiger charge is -2.34. The molecule has 3 aromatic carbocycles. The zero-order chi connectivity index (χ0) is 28.8. The Morgan fingerprint density at radius 3 is 2.21 bits per heavy atom. The highest BCUT2D eigenvalue weighted by molar-refractivity contribution is 7.89. The first-order valence-electron chi connectivity index (χ1n) is 14.4. The summed E-state index contributed by atoms with van der Waals surface area (Å²) in [4.78, 5) is 16.7. The molecule has 4 aromatic rings. The Balaban J connectivity index is 1.20. The second-order valence-electron chi connectivity index (χ2n) is 10.4. The number of hydrogen-bond acceptors (Lipinski definition) is 8. The van der Waals surface area contributed by atoms with E-state index in [2.05, 4.69) is 63.0 Å². The Bertz CT molecular complexity index is 1620. The fraction of sp³-hybridized carbons (Fsp3) is 0.281. The van der Waals surface area contributed by atoms with Crippen molar-refractivity contribution in [2.24, 2.45) is 4.99 Å². The van der Waals surface area contributed by atoms with E-state index >= 15 is 0 Å². The van der Waals surface area contributed by atoms with Gasteiger partial charge < -0.3 is 15.5 Å². The number of sulfonamides is 1. The second-order valence-corrected chi connectivity index (χ2v) is 12.4. The van der Waals surface area contributed by atoms with Gasteiger partial charge in [-0.15, -0.1) is 0 Å². The van der Waals surface area contributed by atoms with Gasteiger partial charge in [0.05, 0.1) is 17.1 Å². The summed E-state index contributed by atoms with van der Waals surface area (Å²) in [6.45, 7) is 3.44. The Kier molecular flexibility index (Phi) is 8.43. The van der Waals surface area contributed by atoms with Gasteiger partial charge in [0.2, 0.25) is 16.0 Å². The summed E-state index contributed by atoms with van der Waals surface area (Å²) in [6.07, 6.45) is 2.77. The summed E-state index contributed by atoms with van der Waals surface area (Å²) in [7, 11) is -3.53. The van der Waals surface area contributed by atoms with Gasteiger partial charge in [-0.25, -0.2) is 18.4 Å². The van der Waals surface area contributed by atoms with Crippen LogP contribution in [0.2, 0.25) is 0 Å². The molecule has 0 spiro atoms. The lowest BCUT2D eigenvalue weighted by atomic mass is 10.1. The maximum absolute atomic E-state index is 13.2. The molecule has 0 aliphatic carbocycles. The van der Waals surface area contributed by atoms with Crippen molar-refractivity contribution in [2.75, 3.05) is 49.5 Å². The van der Waals surface area contributed by atoms with Crippen LogP contribution in [0.3, 0.4) is 0 Å². The summed E-state index contributed by atoms with van der Waals surface area (Å²) >= 11 is 0. The van der Waals surface area contributed by atoms with Crippen LogP contribution >= 0.6 is 0 Å². The molecule has 1 saturated heterocycles. The molecule has 1 fully saturated rings. The number of piperazine rings is 1. The zero-order valence-corrected chi connectivity index (χ0v) is 24.3. The minimum Gasteiger partial charge on any atom is -0.354 e. The normalized spacial score (nSPS) is 15.7. The molecular formula is C32H35N7O2S. The van der Waals surface area contributed by atoms with Crippen LogP contribution in [0.5, 0.6) is 0 Å². The van der Waals surface area contributed by atoms with Crippen molar-refractivity contribution in [1.29, 1.82) is 0 Å². The molecule has 0 radical (unpaired) electrons. The zero-order valence-electron chi connectivity index (χ0n) is 23.5. The highest BCUT2D eigenvalue weighted by atomic mass is 32.2. The first-order chi connectivity index (χ1) is 20.5. The molecule has 2 N–H and O–H groups in total. The van der Waals surface area contributed by atoms with Gasteiger partial charge in [-0.05, 0) is 55.2 Å². The maximum atomic E-state index is 13.2. The smallest absolute Gasteiger partial charge is 0.243 e. The van der Waals surface area contributed by atoms with Crippen molar-refractivity contribution >= 4 is 27.6 Å². The van der Waals surface area contributed by atoms with Crippen molar-refractivity contribution in [3.63, 3.8) is 0 Å². The number of aromatic nitrogens is 2. The molecule has 6 rings (SSSR count). The van der Waals surface area contributed by atoms with Crippen molar-refractivity contribution in [1.82, 2.24) is 19.6 Å². The Hall–Kier alpha value is -4.28. The van der Waals surface area contributed by atoms with Crippen LogP contribution in [-0.2, 0) is 22.9 Å². The van der Waals surface area contributed by atoms with Gasteiger partial charge in [0, 0.05) is 49.7 Å². The first kappa shape index (κ1) is 27.9. The maximum Gasteiger partial charge on any atom is 0.243 e. The predicted octanol–water partition coefficient (Wildman–Crippen LogP) is 4.20. The Morgan fingerprint density at radius 1 is 0.810 bits per heavy atom. The van der Waals surface area contributed by atoms with E-state index < -0.39 is 10.0 Å². The fourth-order valence-corrected chi connectivity index (χ4v) is 6.68. The molecule has 1 aromatic heterocycles. The van der Waals surface area contributed by atoms with Crippen LogP contribution in [0.4, 0.5) is 11.6 Å². The van der Waals surface area contributed by atoms with E-state index in [9.17, 15) is 8.42 Å². The lowest BCUT2D eigenvalue weighted by molar-refractivity contribution is 0.382. The average Bonchev–Trinajstić information content (AvgIpc) is 3.55. The molecule has 216 valence electrons. The number of aliphatic imine (C=N–C) groups is 1. The number of nitrogens with zero attached hydrogens (tertiary/aromatic N) is 5. The number of nitrogens with one attached hydrogen (secondary N) is 2. The molecule has 2 aliphatic heterocycles. The molecule has 0 unspecified atom stereocenters. The van der Waals surface area contributed by atoms with E-state index in [0.717, 1.165) is 61.0 Å². The number of rotatable bonds is 9. The van der Waals surface area contributed by atoms with Gasteiger partial charge in [-0.2, -0.15) is 4.31 Å². The van der Waals surface area contributed by atoms with E-state index in [-0.39, 0.29) is 0 Å². The van der Waals surface area contributed by atoms with Gasteiger partial charge in [0.15, 0.2) is 5.96 Å². The quantitative estimate of drug-likeness (QED) is 0.305. The van der Waals surface area contributed by atoms with Crippen LogP contribution < -0.4 is 15.5 Å². The molecule has 10 heteroatoms. The number of guanidine groups is 1. The molecule has 0 saturated carbocycles. The van der Waals surface area contributed by atoms with Crippen molar-refractivity contribution in [3.8, 4) is 11.3 Å². The van der Waals surface area contributed by atoms with Crippen molar-refractivity contribution in [3.05, 3.63) is 102 Å². The van der Waals surface area contributed by atoms with Gasteiger partial charge >= 0.3 is 0 Å². The van der Waals surface area contributed by atoms with E-state index in [1.165, 1.54) is 5.56 Å². The van der Waals surface area contributed by atoms with Crippen LogP contribution in [0, 0.1) is 0 Å². The summed E-state index contributed by atoms with van der Waals surface area (Å²) in [5.74, 6) is 1.44. The fourth-order valence-electron chi connectivity index (χ4n) is 5.23.